The van der Waals surface area contributed by atoms with E-state index in [1.165, 1.54) is 4.80 Å². The van der Waals surface area contributed by atoms with Gasteiger partial charge in [0.05, 0.1) is 29.6 Å². The van der Waals surface area contributed by atoms with Gasteiger partial charge in [-0.1, -0.05) is 13.0 Å². The van der Waals surface area contributed by atoms with Crippen LogP contribution in [-0.4, -0.2) is 54.9 Å². The molecule has 0 unspecified atom stereocenters. The fourth-order valence-corrected chi connectivity index (χ4v) is 4.29. The summed E-state index contributed by atoms with van der Waals surface area (Å²) in [6.07, 6.45) is 1.94. The Bertz CT molecular complexity index is 1150. The van der Waals surface area contributed by atoms with Gasteiger partial charge in [0, 0.05) is 25.5 Å². The number of alkyl halides is 3. The van der Waals surface area contributed by atoms with E-state index in [4.69, 9.17) is 0 Å². The lowest BCUT2D eigenvalue weighted by Gasteiger charge is -2.40. The number of carbonyl (C=O) groups is 1. The Kier molecular flexibility index (Phi) is 6.54. The van der Waals surface area contributed by atoms with Crippen molar-refractivity contribution in [1.82, 2.24) is 29.9 Å². The third-order valence-electron chi connectivity index (χ3n) is 6.38. The molecule has 180 valence electrons. The quantitative estimate of drug-likeness (QED) is 0.602. The van der Waals surface area contributed by atoms with Gasteiger partial charge in [-0.15, -0.1) is 0 Å². The van der Waals surface area contributed by atoms with E-state index < -0.39 is 11.7 Å². The summed E-state index contributed by atoms with van der Waals surface area (Å²) in [6, 6.07) is 3.52. The normalized spacial score (nSPS) is 18.7. The SMILES string of the molecule is Cc1ccc(C(=O)N2CCC[C@@H](C)[C@H]2CNc2ncc(C(F)(F)F)cn2)c(-n2nccn2)c1C. The lowest BCUT2D eigenvalue weighted by molar-refractivity contribution is -0.138. The topological polar surface area (TPSA) is 88.8 Å². The zero-order valence-electron chi connectivity index (χ0n) is 19.2. The molecule has 2 aromatic heterocycles. The van der Waals surface area contributed by atoms with Gasteiger partial charge < -0.3 is 10.2 Å². The second-order valence-corrected chi connectivity index (χ2v) is 8.58. The molecule has 1 aliphatic rings. The van der Waals surface area contributed by atoms with Gasteiger partial charge >= 0.3 is 6.18 Å². The van der Waals surface area contributed by atoms with Crippen molar-refractivity contribution in [3.05, 3.63) is 59.2 Å². The Morgan fingerprint density at radius 3 is 2.47 bits per heavy atom. The standard InChI is InChI=1S/C23H26F3N7O/c1-14-6-7-18(20(16(14)3)33-30-8-9-31-33)21(34)32-10-4-5-15(2)19(32)13-29-22-27-11-17(12-28-22)23(24,25)26/h6-9,11-12,15,19H,4-5,10,13H2,1-3H3,(H,27,28,29)/t15-,19-/m1/s1. The highest BCUT2D eigenvalue weighted by atomic mass is 19.4. The van der Waals surface area contributed by atoms with Crippen LogP contribution in [-0.2, 0) is 6.18 Å². The molecule has 1 aromatic carbocycles. The lowest BCUT2D eigenvalue weighted by Crippen LogP contribution is -2.51. The maximum absolute atomic E-state index is 13.8. The van der Waals surface area contributed by atoms with Crippen molar-refractivity contribution in [2.24, 2.45) is 5.92 Å². The Hall–Kier alpha value is -3.50. The Morgan fingerprint density at radius 1 is 1.15 bits per heavy atom. The first-order valence-electron chi connectivity index (χ1n) is 11.1. The zero-order valence-corrected chi connectivity index (χ0v) is 19.2. The van der Waals surface area contributed by atoms with Crippen LogP contribution in [0.25, 0.3) is 5.69 Å². The minimum atomic E-state index is -4.49. The fourth-order valence-electron chi connectivity index (χ4n) is 4.29. The summed E-state index contributed by atoms with van der Waals surface area (Å²) in [4.78, 5) is 24.6. The molecule has 4 rings (SSSR count). The predicted molar refractivity (Wildman–Crippen MR) is 120 cm³/mol. The first-order valence-corrected chi connectivity index (χ1v) is 11.1. The summed E-state index contributed by atoms with van der Waals surface area (Å²) in [6.45, 7) is 6.86. The van der Waals surface area contributed by atoms with Crippen molar-refractivity contribution >= 4 is 11.9 Å². The van der Waals surface area contributed by atoms with E-state index in [1.54, 1.807) is 18.5 Å². The van der Waals surface area contributed by atoms with E-state index in [2.05, 4.69) is 32.4 Å². The summed E-state index contributed by atoms with van der Waals surface area (Å²) < 4.78 is 38.3. The molecular formula is C23H26F3N7O. The number of nitrogens with one attached hydrogen (secondary N) is 1. The van der Waals surface area contributed by atoms with E-state index in [1.807, 2.05) is 24.8 Å². The molecule has 0 radical (unpaired) electrons. The van der Waals surface area contributed by atoms with Gasteiger partial charge in [0.15, 0.2) is 0 Å². The van der Waals surface area contributed by atoms with Crippen molar-refractivity contribution in [3.8, 4) is 5.69 Å². The molecule has 8 nitrogen and oxygen atoms in total. The van der Waals surface area contributed by atoms with Crippen LogP contribution in [0.15, 0.2) is 36.9 Å². The van der Waals surface area contributed by atoms with Crippen molar-refractivity contribution in [2.75, 3.05) is 18.4 Å². The molecule has 0 aliphatic carbocycles. The number of benzene rings is 1. The van der Waals surface area contributed by atoms with Crippen LogP contribution >= 0.6 is 0 Å². The largest absolute Gasteiger partial charge is 0.419 e. The second kappa shape index (κ2) is 9.40. The number of amides is 1. The first kappa shape index (κ1) is 23.7. The number of aryl methyl sites for hydroxylation is 1. The third-order valence-corrected chi connectivity index (χ3v) is 6.38. The smallest absolute Gasteiger partial charge is 0.352 e. The van der Waals surface area contributed by atoms with Gasteiger partial charge in [-0.3, -0.25) is 4.79 Å². The number of piperidine rings is 1. The van der Waals surface area contributed by atoms with E-state index in [-0.39, 0.29) is 23.8 Å². The number of hydrogen-bond acceptors (Lipinski definition) is 6. The molecule has 1 N–H and O–H groups in total. The number of halogens is 3. The van der Waals surface area contributed by atoms with Crippen molar-refractivity contribution in [3.63, 3.8) is 0 Å². The number of carbonyl (C=O) groups excluding carboxylic acids is 1. The highest BCUT2D eigenvalue weighted by Gasteiger charge is 2.34. The highest BCUT2D eigenvalue weighted by molar-refractivity contribution is 5.98. The molecule has 1 fully saturated rings. The van der Waals surface area contributed by atoms with Crippen molar-refractivity contribution in [2.45, 2.75) is 45.8 Å². The number of anilines is 1. The molecule has 1 saturated heterocycles. The molecule has 0 bridgehead atoms. The first-order chi connectivity index (χ1) is 16.2. The van der Waals surface area contributed by atoms with Gasteiger partial charge in [-0.25, -0.2) is 9.97 Å². The summed E-state index contributed by atoms with van der Waals surface area (Å²) in [5.41, 5.74) is 2.18. The van der Waals surface area contributed by atoms with Crippen LogP contribution in [0.5, 0.6) is 0 Å². The van der Waals surface area contributed by atoms with Crippen LogP contribution in [0.4, 0.5) is 19.1 Å². The molecule has 3 aromatic rings. The van der Waals surface area contributed by atoms with Crippen LogP contribution in [0.3, 0.4) is 0 Å². The molecule has 3 heterocycles. The molecule has 34 heavy (non-hydrogen) atoms. The summed E-state index contributed by atoms with van der Waals surface area (Å²) in [5, 5.41) is 11.5. The van der Waals surface area contributed by atoms with Gasteiger partial charge in [0.2, 0.25) is 5.95 Å². The molecule has 0 saturated carbocycles. The number of likely N-dealkylation sites (tertiary alicyclic amines) is 1. The van der Waals surface area contributed by atoms with E-state index in [0.717, 1.165) is 36.4 Å². The Morgan fingerprint density at radius 2 is 1.82 bits per heavy atom. The van der Waals surface area contributed by atoms with Crippen molar-refractivity contribution in [1.29, 1.82) is 0 Å². The maximum Gasteiger partial charge on any atom is 0.419 e. The second-order valence-electron chi connectivity index (χ2n) is 8.58. The van der Waals surface area contributed by atoms with Gasteiger partial charge in [0.25, 0.3) is 5.91 Å². The van der Waals surface area contributed by atoms with Gasteiger partial charge in [0.1, 0.15) is 5.69 Å². The van der Waals surface area contributed by atoms with Gasteiger partial charge in [-0.05, 0) is 49.8 Å². The predicted octanol–water partition coefficient (Wildman–Crippen LogP) is 4.05. The molecule has 0 spiro atoms. The average Bonchev–Trinajstić information content (AvgIpc) is 3.33. The van der Waals surface area contributed by atoms with Crippen LogP contribution in [0, 0.1) is 19.8 Å². The minimum absolute atomic E-state index is 0.0887. The molecular weight excluding hydrogens is 447 g/mol. The lowest BCUT2D eigenvalue weighted by atomic mass is 9.89. The molecule has 1 aliphatic heterocycles. The van der Waals surface area contributed by atoms with Crippen LogP contribution in [0.2, 0.25) is 0 Å². The number of nitrogens with zero attached hydrogens (tertiary/aromatic N) is 6. The summed E-state index contributed by atoms with van der Waals surface area (Å²) >= 11 is 0. The number of rotatable bonds is 5. The zero-order chi connectivity index (χ0) is 24.5. The minimum Gasteiger partial charge on any atom is -0.352 e. The molecule has 1 amide bonds. The monoisotopic (exact) mass is 473 g/mol. The molecule has 2 atom stereocenters. The average molecular weight is 474 g/mol. The summed E-state index contributed by atoms with van der Waals surface area (Å²) in [7, 11) is 0. The van der Waals surface area contributed by atoms with Crippen LogP contribution in [0.1, 0.15) is 46.8 Å². The Balaban J connectivity index is 1.58. The van der Waals surface area contributed by atoms with E-state index >= 15 is 0 Å². The highest BCUT2D eigenvalue weighted by Crippen LogP contribution is 2.30. The third kappa shape index (κ3) is 4.73. The van der Waals surface area contributed by atoms with E-state index in [9.17, 15) is 18.0 Å². The number of aromatic nitrogens is 5. The Labute approximate surface area is 195 Å². The van der Waals surface area contributed by atoms with Gasteiger partial charge in [-0.2, -0.15) is 28.2 Å². The van der Waals surface area contributed by atoms with E-state index in [0.29, 0.717) is 24.3 Å². The molecule has 11 heteroatoms. The number of hydrogen-bond donors (Lipinski definition) is 1. The fraction of sp³-hybridized carbons (Fsp3) is 0.435. The van der Waals surface area contributed by atoms with Crippen LogP contribution < -0.4 is 5.32 Å². The summed E-state index contributed by atoms with van der Waals surface area (Å²) in [5.74, 6) is 0.130. The maximum atomic E-state index is 13.8. The van der Waals surface area contributed by atoms with Crippen molar-refractivity contribution < 1.29 is 18.0 Å².